The monoisotopic (exact) mass is 665 g/mol. The summed E-state index contributed by atoms with van der Waals surface area (Å²) >= 11 is 4.11. The molecule has 1 saturated carbocycles. The molecule has 0 bridgehead atoms. The van der Waals surface area contributed by atoms with E-state index in [1.54, 1.807) is 4.90 Å². The number of aldehydes is 1. The Balaban J connectivity index is 1.83. The van der Waals surface area contributed by atoms with Crippen LogP contribution < -0.4 is 38.5 Å². The SMILES string of the molecule is C[C@H](NC(=O)[C@H](CS)NC(=O)[C@@H](N)Cc1cnc[nH]1)C(=O)NCC(=O)NCC(=O)N(C1CCCCC1)[C@H](C=O)CCCN=C(N)N. The summed E-state index contributed by atoms with van der Waals surface area (Å²) in [6.07, 6.45) is 9.19. The van der Waals surface area contributed by atoms with Crippen LogP contribution >= 0.6 is 12.6 Å². The summed E-state index contributed by atoms with van der Waals surface area (Å²) in [5, 5.41) is 9.88. The van der Waals surface area contributed by atoms with Crippen molar-refractivity contribution in [1.29, 1.82) is 0 Å². The van der Waals surface area contributed by atoms with Gasteiger partial charge in [-0.2, -0.15) is 12.6 Å². The Morgan fingerprint density at radius 2 is 1.80 bits per heavy atom. The number of hydrogen-bond donors (Lipinski definition) is 9. The van der Waals surface area contributed by atoms with Crippen molar-refractivity contribution < 1.29 is 28.8 Å². The standard InChI is InChI=1S/C28H47N11O6S/c1-17(37-27(45)22(15-46)38-26(44)21(29)10-18-11-32-16-36-18)25(43)35-12-23(41)34-13-24(42)39(19-6-3-2-4-7-19)20(14-40)8-5-9-33-28(30)31/h11,14,16-17,19-22,46H,2-10,12-13,15,29H2,1H3,(H,32,36)(H,34,41)(H,35,43)(H,37,45)(H,38,44)(H4,30,31,33)/t17-,20-,21-,22-/m0/s1. The second kappa shape index (κ2) is 20.0. The molecule has 1 aromatic heterocycles. The van der Waals surface area contributed by atoms with Gasteiger partial charge in [-0.25, -0.2) is 4.98 Å². The molecule has 46 heavy (non-hydrogen) atoms. The molecule has 18 heteroatoms. The van der Waals surface area contributed by atoms with Crippen LogP contribution in [0.1, 0.15) is 57.6 Å². The quantitative estimate of drug-likeness (QED) is 0.0241. The number of nitrogens with one attached hydrogen (secondary N) is 5. The van der Waals surface area contributed by atoms with Crippen molar-refractivity contribution in [3.63, 3.8) is 0 Å². The number of nitrogens with two attached hydrogens (primary N) is 3. The molecule has 0 spiro atoms. The number of aliphatic imine (C=N–C) groups is 1. The molecule has 11 N–H and O–H groups in total. The highest BCUT2D eigenvalue weighted by molar-refractivity contribution is 7.80. The highest BCUT2D eigenvalue weighted by Crippen LogP contribution is 2.25. The van der Waals surface area contributed by atoms with Crippen molar-refractivity contribution in [3.8, 4) is 0 Å². The Kier molecular flexibility index (Phi) is 16.6. The van der Waals surface area contributed by atoms with Gasteiger partial charge in [0, 0.05) is 36.7 Å². The lowest BCUT2D eigenvalue weighted by Gasteiger charge is -2.38. The Morgan fingerprint density at radius 3 is 2.41 bits per heavy atom. The Labute approximate surface area is 273 Å². The summed E-state index contributed by atoms with van der Waals surface area (Å²) in [4.78, 5) is 87.6. The number of hydrogen-bond acceptors (Lipinski definition) is 10. The molecule has 5 amide bonds. The van der Waals surface area contributed by atoms with Crippen LogP contribution in [0, 0.1) is 0 Å². The molecular weight excluding hydrogens is 618 g/mol. The van der Waals surface area contributed by atoms with Crippen molar-refractivity contribution in [2.24, 2.45) is 22.2 Å². The summed E-state index contributed by atoms with van der Waals surface area (Å²) in [5.74, 6) is -3.07. The topological polar surface area (TPSA) is 273 Å². The van der Waals surface area contributed by atoms with Gasteiger partial charge in [0.2, 0.25) is 29.5 Å². The highest BCUT2D eigenvalue weighted by Gasteiger charge is 2.31. The summed E-state index contributed by atoms with van der Waals surface area (Å²) in [7, 11) is 0. The fraction of sp³-hybridized carbons (Fsp3) is 0.643. The van der Waals surface area contributed by atoms with E-state index in [0.29, 0.717) is 25.1 Å². The van der Waals surface area contributed by atoms with Gasteiger partial charge in [-0.15, -0.1) is 0 Å². The first-order valence-electron chi connectivity index (χ1n) is 15.3. The largest absolute Gasteiger partial charge is 0.370 e. The lowest BCUT2D eigenvalue weighted by atomic mass is 9.92. The minimum atomic E-state index is -1.07. The van der Waals surface area contributed by atoms with Crippen molar-refractivity contribution in [3.05, 3.63) is 18.2 Å². The Morgan fingerprint density at radius 1 is 1.09 bits per heavy atom. The zero-order valence-electron chi connectivity index (χ0n) is 26.1. The van der Waals surface area contributed by atoms with Gasteiger partial charge in [-0.05, 0) is 32.6 Å². The number of nitrogens with zero attached hydrogens (tertiary/aromatic N) is 3. The van der Waals surface area contributed by atoms with Gasteiger partial charge in [0.15, 0.2) is 5.96 Å². The molecule has 0 aromatic carbocycles. The molecule has 2 rings (SSSR count). The molecule has 1 aliphatic carbocycles. The highest BCUT2D eigenvalue weighted by atomic mass is 32.1. The van der Waals surface area contributed by atoms with Crippen LogP contribution in [-0.2, 0) is 35.2 Å². The maximum atomic E-state index is 13.2. The van der Waals surface area contributed by atoms with Crippen LogP contribution in [0.25, 0.3) is 0 Å². The molecule has 1 fully saturated rings. The summed E-state index contributed by atoms with van der Waals surface area (Å²) in [6, 6.07) is -3.89. The molecule has 0 aliphatic heterocycles. The van der Waals surface area contributed by atoms with Crippen molar-refractivity contribution >= 4 is 54.4 Å². The van der Waals surface area contributed by atoms with Gasteiger partial charge in [0.25, 0.3) is 0 Å². The number of carbonyl (C=O) groups is 6. The zero-order valence-corrected chi connectivity index (χ0v) is 27.0. The summed E-state index contributed by atoms with van der Waals surface area (Å²) in [6.45, 7) is 0.909. The number of aromatic nitrogens is 2. The average Bonchev–Trinajstić information content (AvgIpc) is 3.55. The maximum absolute atomic E-state index is 13.2. The first-order valence-corrected chi connectivity index (χ1v) is 15.9. The minimum absolute atomic E-state index is 0.0528. The van der Waals surface area contributed by atoms with E-state index in [1.807, 2.05) is 0 Å². The second-order valence-electron chi connectivity index (χ2n) is 11.1. The van der Waals surface area contributed by atoms with Crippen LogP contribution in [0.4, 0.5) is 0 Å². The van der Waals surface area contributed by atoms with Crippen LogP contribution in [0.5, 0.6) is 0 Å². The molecule has 1 aliphatic rings. The first-order chi connectivity index (χ1) is 22.0. The molecule has 4 atom stereocenters. The molecule has 1 heterocycles. The van der Waals surface area contributed by atoms with Gasteiger partial charge in [0.1, 0.15) is 18.4 Å². The molecule has 0 radical (unpaired) electrons. The van der Waals surface area contributed by atoms with Crippen LogP contribution in [0.3, 0.4) is 0 Å². The summed E-state index contributed by atoms with van der Waals surface area (Å²) in [5.41, 5.74) is 17.3. The van der Waals surface area contributed by atoms with E-state index in [4.69, 9.17) is 17.2 Å². The summed E-state index contributed by atoms with van der Waals surface area (Å²) < 4.78 is 0. The number of thiol groups is 1. The van der Waals surface area contributed by atoms with Gasteiger partial charge in [0.05, 0.1) is 31.5 Å². The Hall–Kier alpha value is -4.19. The second-order valence-corrected chi connectivity index (χ2v) is 11.5. The molecule has 256 valence electrons. The number of H-pyrrole nitrogens is 1. The number of aromatic amines is 1. The number of carbonyl (C=O) groups excluding carboxylic acids is 6. The van der Waals surface area contributed by atoms with E-state index < -0.39 is 60.2 Å². The predicted molar refractivity (Wildman–Crippen MR) is 173 cm³/mol. The fourth-order valence-corrected chi connectivity index (χ4v) is 5.28. The maximum Gasteiger partial charge on any atom is 0.244 e. The van der Waals surface area contributed by atoms with Gasteiger partial charge in [-0.1, -0.05) is 19.3 Å². The first kappa shape index (κ1) is 38.0. The van der Waals surface area contributed by atoms with Gasteiger partial charge < -0.3 is 53.1 Å². The van der Waals surface area contributed by atoms with Crippen LogP contribution in [0.15, 0.2) is 17.5 Å². The zero-order chi connectivity index (χ0) is 34.1. The predicted octanol–water partition coefficient (Wildman–Crippen LogP) is -2.79. The molecule has 17 nitrogen and oxygen atoms in total. The van der Waals surface area contributed by atoms with E-state index in [9.17, 15) is 28.8 Å². The molecule has 0 saturated heterocycles. The minimum Gasteiger partial charge on any atom is -0.370 e. The van der Waals surface area contributed by atoms with Crippen molar-refractivity contribution in [2.75, 3.05) is 25.4 Å². The third kappa shape index (κ3) is 13.0. The lowest BCUT2D eigenvalue weighted by Crippen LogP contribution is -2.56. The molecule has 1 aromatic rings. The number of rotatable bonds is 19. The van der Waals surface area contributed by atoms with Gasteiger partial charge in [-0.3, -0.25) is 29.0 Å². The van der Waals surface area contributed by atoms with Gasteiger partial charge >= 0.3 is 0 Å². The van der Waals surface area contributed by atoms with E-state index in [1.165, 1.54) is 19.4 Å². The normalized spacial score (nSPS) is 15.7. The Bertz CT molecular complexity index is 1190. The smallest absolute Gasteiger partial charge is 0.244 e. The molecular formula is C28H47N11O6S. The van der Waals surface area contributed by atoms with Crippen molar-refractivity contribution in [2.45, 2.75) is 88.5 Å². The fourth-order valence-electron chi connectivity index (χ4n) is 5.03. The third-order valence-electron chi connectivity index (χ3n) is 7.48. The van der Waals surface area contributed by atoms with Crippen LogP contribution in [-0.4, -0.2) is 112 Å². The van der Waals surface area contributed by atoms with E-state index in [-0.39, 0.29) is 30.7 Å². The third-order valence-corrected chi connectivity index (χ3v) is 7.85. The van der Waals surface area contributed by atoms with Crippen LogP contribution in [0.2, 0.25) is 0 Å². The van der Waals surface area contributed by atoms with E-state index in [0.717, 1.165) is 38.4 Å². The number of amides is 5. The number of guanidine groups is 1. The van der Waals surface area contributed by atoms with E-state index >= 15 is 0 Å². The average molecular weight is 666 g/mol. The number of imidazole rings is 1. The van der Waals surface area contributed by atoms with E-state index in [2.05, 4.69) is 48.9 Å². The lowest BCUT2D eigenvalue weighted by molar-refractivity contribution is -0.140. The molecule has 0 unspecified atom stereocenters. The van der Waals surface area contributed by atoms with Crippen molar-refractivity contribution in [1.82, 2.24) is 36.1 Å².